The third-order valence-corrected chi connectivity index (χ3v) is 3.73. The standard InChI is InChI=1S/C14H13F3N6O2/c15-14(16,17)10-7-18-12(19-8-10)23-3-1-22(2-4-23)11(24)9-5-20-13(25)21-6-9/h5-8H,1-4H2,(H,20,21,25). The molecule has 2 aromatic heterocycles. The monoisotopic (exact) mass is 354 g/mol. The van der Waals surface area contributed by atoms with Gasteiger partial charge in [-0.1, -0.05) is 0 Å². The number of aromatic amines is 1. The van der Waals surface area contributed by atoms with E-state index in [2.05, 4.69) is 19.9 Å². The van der Waals surface area contributed by atoms with Crippen molar-refractivity contribution < 1.29 is 18.0 Å². The van der Waals surface area contributed by atoms with E-state index < -0.39 is 17.4 Å². The van der Waals surface area contributed by atoms with Crippen LogP contribution in [0.4, 0.5) is 19.1 Å². The van der Waals surface area contributed by atoms with Crippen LogP contribution in [-0.2, 0) is 6.18 Å². The molecule has 25 heavy (non-hydrogen) atoms. The predicted octanol–water partition coefficient (Wildman–Crippen LogP) is 0.541. The van der Waals surface area contributed by atoms with Gasteiger partial charge in [-0.15, -0.1) is 0 Å². The van der Waals surface area contributed by atoms with Gasteiger partial charge >= 0.3 is 11.9 Å². The number of hydrogen-bond acceptors (Lipinski definition) is 6. The molecule has 0 bridgehead atoms. The van der Waals surface area contributed by atoms with Gasteiger partial charge in [0.2, 0.25) is 5.95 Å². The molecule has 0 aromatic carbocycles. The molecule has 1 aliphatic heterocycles. The fourth-order valence-electron chi connectivity index (χ4n) is 2.38. The molecule has 1 saturated heterocycles. The Morgan fingerprint density at radius 1 is 1.04 bits per heavy atom. The highest BCUT2D eigenvalue weighted by atomic mass is 19.4. The summed E-state index contributed by atoms with van der Waals surface area (Å²) in [5.41, 5.74) is -1.18. The van der Waals surface area contributed by atoms with Crippen LogP contribution >= 0.6 is 0 Å². The number of nitrogens with zero attached hydrogens (tertiary/aromatic N) is 5. The first-order valence-electron chi connectivity index (χ1n) is 7.33. The molecule has 1 aliphatic rings. The second-order valence-corrected chi connectivity index (χ2v) is 5.36. The zero-order chi connectivity index (χ0) is 18.0. The molecule has 0 saturated carbocycles. The number of amides is 1. The molecule has 0 spiro atoms. The number of piperazine rings is 1. The number of alkyl halides is 3. The zero-order valence-electron chi connectivity index (χ0n) is 12.8. The molecule has 132 valence electrons. The Labute approximate surface area is 139 Å². The van der Waals surface area contributed by atoms with E-state index in [0.29, 0.717) is 26.2 Å². The van der Waals surface area contributed by atoms with Crippen molar-refractivity contribution in [1.82, 2.24) is 24.8 Å². The second kappa shape index (κ2) is 6.49. The molecule has 8 nitrogen and oxygen atoms in total. The van der Waals surface area contributed by atoms with Crippen molar-refractivity contribution in [3.05, 3.63) is 46.4 Å². The SMILES string of the molecule is O=C(c1cnc(=O)[nH]c1)N1CCN(c2ncc(C(F)(F)F)cn2)CC1. The summed E-state index contributed by atoms with van der Waals surface area (Å²) in [4.78, 5) is 39.8. The van der Waals surface area contributed by atoms with Gasteiger partial charge in [-0.05, 0) is 0 Å². The summed E-state index contributed by atoms with van der Waals surface area (Å²) in [5, 5.41) is 0. The molecule has 0 aliphatic carbocycles. The van der Waals surface area contributed by atoms with Gasteiger partial charge in [0.05, 0.1) is 11.1 Å². The largest absolute Gasteiger partial charge is 0.419 e. The van der Waals surface area contributed by atoms with Gasteiger partial charge in [0.1, 0.15) is 0 Å². The molecule has 2 aromatic rings. The van der Waals surface area contributed by atoms with Gasteiger partial charge in [0.15, 0.2) is 0 Å². The molecule has 1 amide bonds. The Hall–Kier alpha value is -2.98. The minimum Gasteiger partial charge on any atom is -0.337 e. The molecule has 3 heterocycles. The summed E-state index contributed by atoms with van der Waals surface area (Å²) in [6, 6.07) is 0. The molecule has 0 radical (unpaired) electrons. The Kier molecular flexibility index (Phi) is 4.38. The van der Waals surface area contributed by atoms with E-state index in [1.54, 1.807) is 9.80 Å². The molecular formula is C14H13F3N6O2. The third-order valence-electron chi connectivity index (χ3n) is 3.73. The lowest BCUT2D eigenvalue weighted by molar-refractivity contribution is -0.138. The van der Waals surface area contributed by atoms with Crippen LogP contribution in [0.15, 0.2) is 29.6 Å². The van der Waals surface area contributed by atoms with Crippen LogP contribution in [0.2, 0.25) is 0 Å². The number of carbonyl (C=O) groups excluding carboxylic acids is 1. The first kappa shape index (κ1) is 16.9. The first-order chi connectivity index (χ1) is 11.8. The van der Waals surface area contributed by atoms with E-state index in [1.807, 2.05) is 0 Å². The van der Waals surface area contributed by atoms with Gasteiger partial charge < -0.3 is 14.8 Å². The quantitative estimate of drug-likeness (QED) is 0.846. The molecule has 3 rings (SSSR count). The van der Waals surface area contributed by atoms with Gasteiger partial charge in [-0.2, -0.15) is 13.2 Å². The minimum absolute atomic E-state index is 0.186. The van der Waals surface area contributed by atoms with E-state index in [1.165, 1.54) is 12.4 Å². The van der Waals surface area contributed by atoms with Crippen LogP contribution in [0.5, 0.6) is 0 Å². The van der Waals surface area contributed by atoms with Gasteiger partial charge in [-0.25, -0.2) is 19.7 Å². The number of rotatable bonds is 2. The Balaban J connectivity index is 1.62. The van der Waals surface area contributed by atoms with Crippen LogP contribution in [0.3, 0.4) is 0 Å². The molecule has 0 atom stereocenters. The van der Waals surface area contributed by atoms with Crippen molar-refractivity contribution in [2.45, 2.75) is 6.18 Å². The van der Waals surface area contributed by atoms with E-state index in [0.717, 1.165) is 12.4 Å². The smallest absolute Gasteiger partial charge is 0.337 e. The summed E-state index contributed by atoms with van der Waals surface area (Å²) < 4.78 is 37.6. The minimum atomic E-state index is -4.48. The number of aromatic nitrogens is 4. The Morgan fingerprint density at radius 2 is 1.68 bits per heavy atom. The van der Waals surface area contributed by atoms with Gasteiger partial charge in [0, 0.05) is 51.0 Å². The van der Waals surface area contributed by atoms with Crippen LogP contribution in [0, 0.1) is 0 Å². The summed E-state index contributed by atoms with van der Waals surface area (Å²) in [6.07, 6.45) is -0.498. The second-order valence-electron chi connectivity index (χ2n) is 5.36. The average Bonchev–Trinajstić information content (AvgIpc) is 2.61. The number of anilines is 1. The Bertz CT molecular complexity index is 792. The lowest BCUT2D eigenvalue weighted by Crippen LogP contribution is -2.49. The van der Waals surface area contributed by atoms with E-state index >= 15 is 0 Å². The molecule has 0 unspecified atom stereocenters. The lowest BCUT2D eigenvalue weighted by atomic mass is 10.2. The highest BCUT2D eigenvalue weighted by Crippen LogP contribution is 2.28. The zero-order valence-corrected chi connectivity index (χ0v) is 12.8. The van der Waals surface area contributed by atoms with E-state index in [9.17, 15) is 22.8 Å². The summed E-state index contributed by atoms with van der Waals surface area (Å²) in [7, 11) is 0. The first-order valence-corrected chi connectivity index (χ1v) is 7.33. The van der Waals surface area contributed by atoms with Crippen molar-refractivity contribution in [3.63, 3.8) is 0 Å². The highest BCUT2D eigenvalue weighted by molar-refractivity contribution is 5.93. The number of H-pyrrole nitrogens is 1. The predicted molar refractivity (Wildman–Crippen MR) is 80.0 cm³/mol. The van der Waals surface area contributed by atoms with E-state index in [4.69, 9.17) is 0 Å². The van der Waals surface area contributed by atoms with Crippen molar-refractivity contribution in [3.8, 4) is 0 Å². The molecule has 1 fully saturated rings. The summed E-state index contributed by atoms with van der Waals surface area (Å²) >= 11 is 0. The maximum absolute atomic E-state index is 12.5. The summed E-state index contributed by atoms with van der Waals surface area (Å²) in [5.74, 6) is -0.0949. The fraction of sp³-hybridized carbons (Fsp3) is 0.357. The Morgan fingerprint density at radius 3 is 2.20 bits per heavy atom. The maximum Gasteiger partial charge on any atom is 0.419 e. The topological polar surface area (TPSA) is 95.1 Å². The van der Waals surface area contributed by atoms with Crippen LogP contribution in [-0.4, -0.2) is 56.9 Å². The van der Waals surface area contributed by atoms with Crippen molar-refractivity contribution >= 4 is 11.9 Å². The van der Waals surface area contributed by atoms with E-state index in [-0.39, 0.29) is 17.4 Å². The molecule has 11 heteroatoms. The number of hydrogen-bond donors (Lipinski definition) is 1. The van der Waals surface area contributed by atoms with Crippen molar-refractivity contribution in [2.24, 2.45) is 0 Å². The number of carbonyl (C=O) groups is 1. The van der Waals surface area contributed by atoms with Crippen LogP contribution in [0.25, 0.3) is 0 Å². The lowest BCUT2D eigenvalue weighted by Gasteiger charge is -2.34. The van der Waals surface area contributed by atoms with Gasteiger partial charge in [-0.3, -0.25) is 4.79 Å². The van der Waals surface area contributed by atoms with Crippen LogP contribution in [0.1, 0.15) is 15.9 Å². The van der Waals surface area contributed by atoms with Crippen molar-refractivity contribution in [1.29, 1.82) is 0 Å². The third kappa shape index (κ3) is 3.75. The molecule has 1 N–H and O–H groups in total. The van der Waals surface area contributed by atoms with Crippen LogP contribution < -0.4 is 10.6 Å². The number of nitrogens with one attached hydrogen (secondary N) is 1. The highest BCUT2D eigenvalue weighted by Gasteiger charge is 2.32. The number of halogens is 3. The average molecular weight is 354 g/mol. The molecular weight excluding hydrogens is 341 g/mol. The fourth-order valence-corrected chi connectivity index (χ4v) is 2.38. The normalized spacial score (nSPS) is 15.3. The van der Waals surface area contributed by atoms with Crippen molar-refractivity contribution in [2.75, 3.05) is 31.1 Å². The summed E-state index contributed by atoms with van der Waals surface area (Å²) in [6.45, 7) is 1.46. The van der Waals surface area contributed by atoms with Gasteiger partial charge in [0.25, 0.3) is 5.91 Å². The maximum atomic E-state index is 12.5.